The van der Waals surface area contributed by atoms with Gasteiger partial charge in [0.2, 0.25) is 0 Å². The summed E-state index contributed by atoms with van der Waals surface area (Å²) in [5.41, 5.74) is 3.90. The van der Waals surface area contributed by atoms with Crippen LogP contribution < -0.4 is 4.74 Å². The van der Waals surface area contributed by atoms with Crippen molar-refractivity contribution >= 4 is 5.90 Å². The molecule has 0 saturated heterocycles. The van der Waals surface area contributed by atoms with Gasteiger partial charge in [0.25, 0.3) is 0 Å². The van der Waals surface area contributed by atoms with Crippen LogP contribution in [0, 0.1) is 20.8 Å². The van der Waals surface area contributed by atoms with E-state index in [-0.39, 0.29) is 5.60 Å². The average molecular weight is 303 g/mol. The molecule has 0 radical (unpaired) electrons. The van der Waals surface area contributed by atoms with Crippen LogP contribution >= 0.6 is 0 Å². The van der Waals surface area contributed by atoms with Crippen molar-refractivity contribution < 1.29 is 14.6 Å². The molecule has 1 atom stereocenters. The molecule has 4 heteroatoms. The second-order valence-corrected chi connectivity index (χ2v) is 6.71. The highest BCUT2D eigenvalue weighted by Gasteiger charge is 2.34. The van der Waals surface area contributed by atoms with E-state index in [1.165, 1.54) is 0 Å². The van der Waals surface area contributed by atoms with Crippen LogP contribution in [0.2, 0.25) is 0 Å². The number of aliphatic imine (C=N–C) groups is 1. The summed E-state index contributed by atoms with van der Waals surface area (Å²) in [6.45, 7) is 9.63. The minimum Gasteiger partial charge on any atom is -0.507 e. The summed E-state index contributed by atoms with van der Waals surface area (Å²) >= 11 is 0. The largest absolute Gasteiger partial charge is 0.507 e. The molecule has 120 valence electrons. The highest BCUT2D eigenvalue weighted by Crippen LogP contribution is 2.44. The zero-order valence-corrected chi connectivity index (χ0v) is 14.0. The van der Waals surface area contributed by atoms with E-state index in [1.807, 2.05) is 20.8 Å². The normalized spacial score (nSPS) is 23.5. The fourth-order valence-electron chi connectivity index (χ4n) is 3.37. The lowest BCUT2D eigenvalue weighted by molar-refractivity contribution is 0.0557. The highest BCUT2D eigenvalue weighted by molar-refractivity contribution is 5.77. The van der Waals surface area contributed by atoms with Crippen molar-refractivity contribution in [3.8, 4) is 11.5 Å². The zero-order valence-electron chi connectivity index (χ0n) is 14.0. The van der Waals surface area contributed by atoms with Gasteiger partial charge in [-0.3, -0.25) is 4.99 Å². The van der Waals surface area contributed by atoms with Crippen molar-refractivity contribution in [1.29, 1.82) is 0 Å². The van der Waals surface area contributed by atoms with Crippen LogP contribution in [0.1, 0.15) is 48.4 Å². The predicted octanol–water partition coefficient (Wildman–Crippen LogP) is 3.61. The molecule has 3 rings (SSSR count). The predicted molar refractivity (Wildman–Crippen MR) is 87.2 cm³/mol. The molecule has 22 heavy (non-hydrogen) atoms. The van der Waals surface area contributed by atoms with Crippen molar-refractivity contribution in [3.05, 3.63) is 22.3 Å². The quantitative estimate of drug-likeness (QED) is 0.928. The third-order valence-electron chi connectivity index (χ3n) is 5.11. The Morgan fingerprint density at radius 2 is 1.95 bits per heavy atom. The second-order valence-electron chi connectivity index (χ2n) is 6.71. The summed E-state index contributed by atoms with van der Waals surface area (Å²) < 4.78 is 11.9. The lowest BCUT2D eigenvalue weighted by Gasteiger charge is -2.38. The molecule has 2 aliphatic rings. The Kier molecular flexibility index (Phi) is 3.79. The van der Waals surface area contributed by atoms with Crippen LogP contribution in [-0.4, -0.2) is 29.8 Å². The highest BCUT2D eigenvalue weighted by atomic mass is 16.5. The fourth-order valence-corrected chi connectivity index (χ4v) is 3.37. The molecular weight excluding hydrogens is 278 g/mol. The fraction of sp³-hybridized carbons (Fsp3) is 0.611. The lowest BCUT2D eigenvalue weighted by atomic mass is 9.85. The Balaban J connectivity index is 1.83. The van der Waals surface area contributed by atoms with Crippen LogP contribution in [0.25, 0.3) is 0 Å². The number of hydrogen-bond acceptors (Lipinski definition) is 4. The van der Waals surface area contributed by atoms with Crippen LogP contribution in [0.3, 0.4) is 0 Å². The van der Waals surface area contributed by atoms with Gasteiger partial charge in [0.05, 0.1) is 6.54 Å². The minimum atomic E-state index is -0.192. The number of nitrogens with zero attached hydrogens (tertiary/aromatic N) is 1. The van der Waals surface area contributed by atoms with Crippen LogP contribution in [0.4, 0.5) is 0 Å². The van der Waals surface area contributed by atoms with E-state index in [1.54, 1.807) is 0 Å². The first kappa shape index (κ1) is 15.2. The monoisotopic (exact) mass is 303 g/mol. The summed E-state index contributed by atoms with van der Waals surface area (Å²) in [6.07, 6.45) is 3.64. The summed E-state index contributed by atoms with van der Waals surface area (Å²) in [6, 6.07) is 0. The van der Waals surface area contributed by atoms with Gasteiger partial charge >= 0.3 is 0 Å². The minimum absolute atomic E-state index is 0.192. The van der Waals surface area contributed by atoms with Crippen molar-refractivity contribution in [2.45, 2.75) is 59.0 Å². The number of phenolic OH excluding ortho intramolecular Hbond substituents is 1. The van der Waals surface area contributed by atoms with E-state index in [0.29, 0.717) is 12.4 Å². The van der Waals surface area contributed by atoms with Crippen LogP contribution in [-0.2, 0) is 11.2 Å². The number of aromatic hydroxyl groups is 1. The van der Waals surface area contributed by atoms with Crippen LogP contribution in [0.5, 0.6) is 11.5 Å². The van der Waals surface area contributed by atoms with Crippen LogP contribution in [0.15, 0.2) is 4.99 Å². The lowest BCUT2D eigenvalue weighted by Crippen LogP contribution is -2.37. The number of phenols is 1. The summed E-state index contributed by atoms with van der Waals surface area (Å²) in [5.74, 6) is 2.25. The van der Waals surface area contributed by atoms with Crippen molar-refractivity contribution in [1.82, 2.24) is 0 Å². The Hall–Kier alpha value is -1.71. The van der Waals surface area contributed by atoms with E-state index in [4.69, 9.17) is 9.47 Å². The molecular formula is C18H25NO3. The van der Waals surface area contributed by atoms with E-state index in [9.17, 15) is 5.11 Å². The Labute approximate surface area is 132 Å². The Morgan fingerprint density at radius 3 is 2.64 bits per heavy atom. The van der Waals surface area contributed by atoms with Gasteiger partial charge in [0.15, 0.2) is 5.90 Å². The maximum Gasteiger partial charge on any atom is 0.183 e. The van der Waals surface area contributed by atoms with E-state index in [0.717, 1.165) is 66.1 Å². The number of rotatable bonds is 3. The first-order valence-electron chi connectivity index (χ1n) is 8.08. The molecule has 0 bridgehead atoms. The molecule has 1 unspecified atom stereocenters. The molecule has 0 aromatic heterocycles. The van der Waals surface area contributed by atoms with Crippen molar-refractivity contribution in [3.63, 3.8) is 0 Å². The number of hydrogen-bond donors (Lipinski definition) is 1. The Morgan fingerprint density at radius 1 is 1.18 bits per heavy atom. The van der Waals surface area contributed by atoms with E-state index < -0.39 is 0 Å². The molecule has 2 heterocycles. The molecule has 0 aliphatic carbocycles. The van der Waals surface area contributed by atoms with E-state index >= 15 is 0 Å². The first-order chi connectivity index (χ1) is 10.4. The van der Waals surface area contributed by atoms with E-state index in [2.05, 4.69) is 11.9 Å². The van der Waals surface area contributed by atoms with Gasteiger partial charge in [-0.15, -0.1) is 0 Å². The number of benzene rings is 1. The third kappa shape index (κ3) is 2.55. The van der Waals surface area contributed by atoms with Gasteiger partial charge in [-0.1, -0.05) is 0 Å². The van der Waals surface area contributed by atoms with Crippen molar-refractivity contribution in [2.75, 3.05) is 13.2 Å². The molecule has 1 aromatic carbocycles. The molecule has 0 amide bonds. The summed E-state index contributed by atoms with van der Waals surface area (Å²) in [7, 11) is 0. The van der Waals surface area contributed by atoms with Gasteiger partial charge in [0.1, 0.15) is 23.7 Å². The molecule has 0 spiro atoms. The molecule has 0 fully saturated rings. The maximum absolute atomic E-state index is 10.2. The number of fused-ring (bicyclic) bond motifs is 1. The first-order valence-corrected chi connectivity index (χ1v) is 8.08. The van der Waals surface area contributed by atoms with Gasteiger partial charge in [0, 0.05) is 12.0 Å². The zero-order chi connectivity index (χ0) is 15.9. The average Bonchev–Trinajstić information content (AvgIpc) is 3.02. The Bertz CT molecular complexity index is 636. The third-order valence-corrected chi connectivity index (χ3v) is 5.11. The molecule has 2 aliphatic heterocycles. The van der Waals surface area contributed by atoms with Gasteiger partial charge < -0.3 is 14.6 Å². The molecule has 4 nitrogen and oxygen atoms in total. The second kappa shape index (κ2) is 5.49. The smallest absolute Gasteiger partial charge is 0.183 e. The standard InChI is InChI=1S/C18H25NO3/c1-11-12(2)17-14(13(3)16(11)20)5-7-18(4,22-17)8-6-15-19-9-10-21-15/h20H,5-10H2,1-4H3. The van der Waals surface area contributed by atoms with Gasteiger partial charge in [-0.05, 0) is 63.6 Å². The molecule has 1 N–H and O–H groups in total. The molecule has 1 aromatic rings. The molecule has 0 saturated carbocycles. The summed E-state index contributed by atoms with van der Waals surface area (Å²) in [4.78, 5) is 4.36. The SMILES string of the molecule is Cc1c(C)c2c(c(C)c1O)CCC(C)(CCC1=NCCO1)O2. The van der Waals surface area contributed by atoms with Gasteiger partial charge in [-0.25, -0.2) is 0 Å². The number of ether oxygens (including phenoxy) is 2. The van der Waals surface area contributed by atoms with Crippen molar-refractivity contribution in [2.24, 2.45) is 4.99 Å². The topological polar surface area (TPSA) is 51.1 Å². The van der Waals surface area contributed by atoms with Gasteiger partial charge in [-0.2, -0.15) is 0 Å². The summed E-state index contributed by atoms with van der Waals surface area (Å²) in [5, 5.41) is 10.2. The maximum atomic E-state index is 10.2.